The highest BCUT2D eigenvalue weighted by atomic mass is 32.2. The lowest BCUT2D eigenvalue weighted by atomic mass is 9.96. The molecule has 0 fully saturated rings. The molecule has 0 atom stereocenters. The van der Waals surface area contributed by atoms with Crippen LogP contribution in [0.3, 0.4) is 0 Å². The molecule has 0 aliphatic carbocycles. The molecule has 2 aromatic rings. The second-order valence-corrected chi connectivity index (χ2v) is 6.64. The van der Waals surface area contributed by atoms with Crippen molar-refractivity contribution in [2.24, 2.45) is 0 Å². The zero-order valence-corrected chi connectivity index (χ0v) is 13.2. The van der Waals surface area contributed by atoms with Crippen LogP contribution in [0.4, 0.5) is 4.39 Å². The van der Waals surface area contributed by atoms with Crippen LogP contribution in [-0.4, -0.2) is 27.2 Å². The SMILES string of the molecule is CC(C)(C)c1nnc(SCCOc2ccc(F)cc2)n1N. The topological polar surface area (TPSA) is 66.0 Å². The van der Waals surface area contributed by atoms with Crippen molar-refractivity contribution in [3.63, 3.8) is 0 Å². The first-order valence-corrected chi connectivity index (χ1v) is 7.58. The Kier molecular flexibility index (Phi) is 4.72. The number of aromatic nitrogens is 3. The van der Waals surface area contributed by atoms with Gasteiger partial charge in [0, 0.05) is 11.2 Å². The van der Waals surface area contributed by atoms with Crippen LogP contribution >= 0.6 is 11.8 Å². The molecule has 2 rings (SSSR count). The Morgan fingerprint density at radius 2 is 1.90 bits per heavy atom. The highest BCUT2D eigenvalue weighted by Crippen LogP contribution is 2.23. The standard InChI is InChI=1S/C14H19FN4OS/c1-14(2,3)12-17-18-13(19(12)16)21-9-8-20-11-6-4-10(15)5-7-11/h4-7H,8-9,16H2,1-3H3. The van der Waals surface area contributed by atoms with Crippen LogP contribution < -0.4 is 10.6 Å². The third-order valence-electron chi connectivity index (χ3n) is 2.73. The molecule has 7 heteroatoms. The monoisotopic (exact) mass is 310 g/mol. The first-order valence-electron chi connectivity index (χ1n) is 6.60. The first kappa shape index (κ1) is 15.6. The number of nitrogens with two attached hydrogens (primary N) is 1. The molecule has 0 aliphatic heterocycles. The van der Waals surface area contributed by atoms with Gasteiger partial charge in [-0.3, -0.25) is 0 Å². The van der Waals surface area contributed by atoms with Gasteiger partial charge in [0.25, 0.3) is 0 Å². The maximum Gasteiger partial charge on any atom is 0.209 e. The van der Waals surface area contributed by atoms with E-state index >= 15 is 0 Å². The fourth-order valence-electron chi connectivity index (χ4n) is 1.71. The van der Waals surface area contributed by atoms with Crippen LogP contribution in [0, 0.1) is 5.82 Å². The van der Waals surface area contributed by atoms with Gasteiger partial charge in [-0.05, 0) is 24.3 Å². The van der Waals surface area contributed by atoms with Gasteiger partial charge >= 0.3 is 0 Å². The number of rotatable bonds is 5. The lowest BCUT2D eigenvalue weighted by Gasteiger charge is -2.16. The number of ether oxygens (including phenoxy) is 1. The van der Waals surface area contributed by atoms with Gasteiger partial charge in [-0.15, -0.1) is 10.2 Å². The van der Waals surface area contributed by atoms with E-state index < -0.39 is 0 Å². The van der Waals surface area contributed by atoms with Gasteiger partial charge in [-0.2, -0.15) is 0 Å². The molecule has 1 aromatic carbocycles. The summed E-state index contributed by atoms with van der Waals surface area (Å²) in [6.45, 7) is 6.58. The Hall–Kier alpha value is -1.76. The lowest BCUT2D eigenvalue weighted by Crippen LogP contribution is -2.24. The van der Waals surface area contributed by atoms with Crippen molar-refractivity contribution in [3.8, 4) is 5.75 Å². The smallest absolute Gasteiger partial charge is 0.209 e. The summed E-state index contributed by atoms with van der Waals surface area (Å²) in [5, 5.41) is 8.86. The molecule has 0 radical (unpaired) electrons. The van der Waals surface area contributed by atoms with Crippen molar-refractivity contribution in [2.45, 2.75) is 31.3 Å². The Labute approximate surface area is 127 Å². The zero-order valence-electron chi connectivity index (χ0n) is 12.3. The molecule has 0 saturated carbocycles. The highest BCUT2D eigenvalue weighted by molar-refractivity contribution is 7.99. The number of thioether (sulfide) groups is 1. The van der Waals surface area contributed by atoms with Crippen molar-refractivity contribution < 1.29 is 9.13 Å². The van der Waals surface area contributed by atoms with Gasteiger partial charge < -0.3 is 10.6 Å². The van der Waals surface area contributed by atoms with Gasteiger partial charge in [0.1, 0.15) is 11.6 Å². The van der Waals surface area contributed by atoms with Crippen molar-refractivity contribution in [1.29, 1.82) is 0 Å². The number of nitrogen functional groups attached to an aromatic ring is 1. The Morgan fingerprint density at radius 3 is 2.48 bits per heavy atom. The predicted octanol–water partition coefficient (Wildman–Crippen LogP) is 2.60. The van der Waals surface area contributed by atoms with Crippen molar-refractivity contribution >= 4 is 11.8 Å². The van der Waals surface area contributed by atoms with Crippen molar-refractivity contribution in [3.05, 3.63) is 35.9 Å². The van der Waals surface area contributed by atoms with Crippen LogP contribution in [-0.2, 0) is 5.41 Å². The summed E-state index contributed by atoms with van der Waals surface area (Å²) in [5.74, 6) is 7.77. The minimum atomic E-state index is -0.275. The summed E-state index contributed by atoms with van der Waals surface area (Å²) in [4.78, 5) is 0. The van der Waals surface area contributed by atoms with Crippen molar-refractivity contribution in [1.82, 2.24) is 14.9 Å². The average Bonchev–Trinajstić information content (AvgIpc) is 2.78. The molecular formula is C14H19FN4OS. The molecule has 1 heterocycles. The van der Waals surface area contributed by atoms with Crippen LogP contribution in [0.1, 0.15) is 26.6 Å². The fraction of sp³-hybridized carbons (Fsp3) is 0.429. The van der Waals surface area contributed by atoms with Crippen LogP contribution in [0.2, 0.25) is 0 Å². The molecule has 0 bridgehead atoms. The van der Waals surface area contributed by atoms with E-state index in [1.165, 1.54) is 28.6 Å². The molecule has 0 spiro atoms. The fourth-order valence-corrected chi connectivity index (χ4v) is 2.38. The molecule has 0 unspecified atom stereocenters. The van der Waals surface area contributed by atoms with E-state index in [9.17, 15) is 4.39 Å². The van der Waals surface area contributed by atoms with Gasteiger partial charge in [0.2, 0.25) is 5.16 Å². The third kappa shape index (κ3) is 4.10. The van der Waals surface area contributed by atoms with Gasteiger partial charge in [-0.25, -0.2) is 9.07 Å². The van der Waals surface area contributed by atoms with E-state index in [4.69, 9.17) is 10.6 Å². The largest absolute Gasteiger partial charge is 0.493 e. The first-order chi connectivity index (χ1) is 9.88. The van der Waals surface area contributed by atoms with E-state index in [1.807, 2.05) is 20.8 Å². The number of halogens is 1. The number of hydrogen-bond acceptors (Lipinski definition) is 5. The van der Waals surface area contributed by atoms with Crippen LogP contribution in [0.25, 0.3) is 0 Å². The average molecular weight is 310 g/mol. The predicted molar refractivity (Wildman–Crippen MR) is 81.5 cm³/mol. The van der Waals surface area contributed by atoms with Gasteiger partial charge in [0.15, 0.2) is 5.82 Å². The highest BCUT2D eigenvalue weighted by Gasteiger charge is 2.22. The van der Waals surface area contributed by atoms with E-state index in [2.05, 4.69) is 10.2 Å². The summed E-state index contributed by atoms with van der Waals surface area (Å²) >= 11 is 1.47. The maximum atomic E-state index is 12.7. The quantitative estimate of drug-likeness (QED) is 0.522. The van der Waals surface area contributed by atoms with Crippen molar-refractivity contribution in [2.75, 3.05) is 18.2 Å². The van der Waals surface area contributed by atoms with Crippen LogP contribution in [0.15, 0.2) is 29.4 Å². The second kappa shape index (κ2) is 6.34. The Balaban J connectivity index is 1.84. The molecule has 0 aliphatic rings. The van der Waals surface area contributed by atoms with Crippen LogP contribution in [0.5, 0.6) is 5.75 Å². The Morgan fingerprint density at radius 1 is 1.24 bits per heavy atom. The molecule has 2 N–H and O–H groups in total. The molecule has 0 saturated heterocycles. The molecular weight excluding hydrogens is 291 g/mol. The summed E-state index contributed by atoms with van der Waals surface area (Å²) < 4.78 is 19.8. The normalized spacial score (nSPS) is 11.6. The Bertz CT molecular complexity index is 592. The van der Waals surface area contributed by atoms with E-state index in [-0.39, 0.29) is 11.2 Å². The van der Waals surface area contributed by atoms with Gasteiger partial charge in [0.05, 0.1) is 6.61 Å². The number of benzene rings is 1. The minimum Gasteiger partial charge on any atom is -0.493 e. The zero-order chi connectivity index (χ0) is 15.5. The van der Waals surface area contributed by atoms with E-state index in [1.54, 1.807) is 12.1 Å². The van der Waals surface area contributed by atoms with E-state index in [0.717, 1.165) is 5.82 Å². The summed E-state index contributed by atoms with van der Waals surface area (Å²) in [6.07, 6.45) is 0. The summed E-state index contributed by atoms with van der Waals surface area (Å²) in [6, 6.07) is 5.94. The minimum absolute atomic E-state index is 0.148. The molecule has 114 valence electrons. The number of nitrogens with zero attached hydrogens (tertiary/aromatic N) is 3. The van der Waals surface area contributed by atoms with E-state index in [0.29, 0.717) is 23.3 Å². The molecule has 5 nitrogen and oxygen atoms in total. The summed E-state index contributed by atoms with van der Waals surface area (Å²) in [7, 11) is 0. The molecule has 0 amide bonds. The van der Waals surface area contributed by atoms with Gasteiger partial charge in [-0.1, -0.05) is 32.5 Å². The summed E-state index contributed by atoms with van der Waals surface area (Å²) in [5.41, 5.74) is -0.148. The second-order valence-electron chi connectivity index (χ2n) is 5.58. The third-order valence-corrected chi connectivity index (χ3v) is 3.64. The number of hydrogen-bond donors (Lipinski definition) is 1. The lowest BCUT2D eigenvalue weighted by molar-refractivity contribution is 0.343. The molecule has 21 heavy (non-hydrogen) atoms. The molecule has 1 aromatic heterocycles. The maximum absolute atomic E-state index is 12.7.